The third-order valence-corrected chi connectivity index (χ3v) is 2.50. The zero-order valence-corrected chi connectivity index (χ0v) is 10.5. The zero-order chi connectivity index (χ0) is 13.1. The molecule has 5 nitrogen and oxygen atoms in total. The van der Waals surface area contributed by atoms with Crippen LogP contribution in [0.3, 0.4) is 0 Å². The molecule has 5 heteroatoms. The molecular formula is C13H16N4O. The third kappa shape index (κ3) is 2.56. The van der Waals surface area contributed by atoms with Gasteiger partial charge in [0.2, 0.25) is 5.82 Å². The molecule has 0 fully saturated rings. The molecule has 0 aliphatic rings. The fourth-order valence-corrected chi connectivity index (χ4v) is 1.62. The van der Waals surface area contributed by atoms with Crippen LogP contribution in [0, 0.1) is 5.92 Å². The first-order chi connectivity index (χ1) is 8.58. The van der Waals surface area contributed by atoms with E-state index in [0.717, 1.165) is 11.9 Å². The van der Waals surface area contributed by atoms with Gasteiger partial charge in [-0.3, -0.25) is 4.79 Å². The number of nitrogens with two attached hydrogens (primary N) is 1. The van der Waals surface area contributed by atoms with E-state index in [0.29, 0.717) is 17.3 Å². The molecule has 2 rings (SSSR count). The van der Waals surface area contributed by atoms with Gasteiger partial charge in [0.15, 0.2) is 0 Å². The quantitative estimate of drug-likeness (QED) is 0.859. The average Bonchev–Trinajstić information content (AvgIpc) is 2.35. The van der Waals surface area contributed by atoms with Crippen molar-refractivity contribution < 1.29 is 4.79 Å². The minimum Gasteiger partial charge on any atom is -0.369 e. The van der Waals surface area contributed by atoms with E-state index in [1.54, 1.807) is 0 Å². The van der Waals surface area contributed by atoms with Crippen LogP contribution in [0.5, 0.6) is 0 Å². The Morgan fingerprint density at radius 1 is 1.33 bits per heavy atom. The summed E-state index contributed by atoms with van der Waals surface area (Å²) >= 11 is 0. The van der Waals surface area contributed by atoms with Crippen molar-refractivity contribution in [2.75, 3.05) is 11.9 Å². The highest BCUT2D eigenvalue weighted by Gasteiger charge is 2.10. The first-order valence-corrected chi connectivity index (χ1v) is 5.88. The highest BCUT2D eigenvalue weighted by molar-refractivity contribution is 5.95. The molecule has 0 radical (unpaired) electrons. The molecule has 0 saturated carbocycles. The van der Waals surface area contributed by atoms with E-state index in [-0.39, 0.29) is 5.82 Å². The summed E-state index contributed by atoms with van der Waals surface area (Å²) in [5.74, 6) is 0.562. The number of hydrogen-bond donors (Lipinski definition) is 2. The number of para-hydroxylation sites is 1. The minimum absolute atomic E-state index is 0.0416. The molecule has 0 aliphatic carbocycles. The van der Waals surface area contributed by atoms with Crippen LogP contribution >= 0.6 is 0 Å². The summed E-state index contributed by atoms with van der Waals surface area (Å²) in [4.78, 5) is 19.5. The third-order valence-electron chi connectivity index (χ3n) is 2.50. The van der Waals surface area contributed by atoms with Gasteiger partial charge in [-0.2, -0.15) is 0 Å². The molecule has 1 heterocycles. The number of carbonyl (C=O) groups excluding carboxylic acids is 1. The number of hydrogen-bond acceptors (Lipinski definition) is 4. The maximum Gasteiger partial charge on any atom is 0.286 e. The molecule has 94 valence electrons. The lowest BCUT2D eigenvalue weighted by Crippen LogP contribution is -2.18. The molecular weight excluding hydrogens is 228 g/mol. The summed E-state index contributed by atoms with van der Waals surface area (Å²) in [6.07, 6.45) is 0. The molecule has 0 aliphatic heterocycles. The van der Waals surface area contributed by atoms with Crippen molar-refractivity contribution in [3.05, 3.63) is 30.1 Å². The first kappa shape index (κ1) is 12.3. The van der Waals surface area contributed by atoms with Gasteiger partial charge in [0, 0.05) is 11.9 Å². The number of aromatic nitrogens is 2. The van der Waals surface area contributed by atoms with Crippen molar-refractivity contribution in [2.45, 2.75) is 13.8 Å². The number of amides is 1. The summed E-state index contributed by atoms with van der Waals surface area (Å²) < 4.78 is 0. The Morgan fingerprint density at radius 2 is 2.06 bits per heavy atom. The number of carbonyl (C=O) groups is 1. The summed E-state index contributed by atoms with van der Waals surface area (Å²) in [5.41, 5.74) is 5.95. The zero-order valence-electron chi connectivity index (χ0n) is 10.5. The molecule has 0 saturated heterocycles. The number of nitrogens with one attached hydrogen (secondary N) is 1. The number of anilines is 1. The maximum absolute atomic E-state index is 11.2. The van der Waals surface area contributed by atoms with E-state index in [4.69, 9.17) is 5.73 Å². The van der Waals surface area contributed by atoms with Gasteiger partial charge in [0.05, 0.1) is 5.52 Å². The largest absolute Gasteiger partial charge is 0.369 e. The van der Waals surface area contributed by atoms with Crippen molar-refractivity contribution in [2.24, 2.45) is 11.7 Å². The van der Waals surface area contributed by atoms with Gasteiger partial charge >= 0.3 is 0 Å². The lowest BCUT2D eigenvalue weighted by atomic mass is 10.2. The Hall–Kier alpha value is -2.17. The molecule has 0 spiro atoms. The molecule has 0 atom stereocenters. The predicted octanol–water partition coefficient (Wildman–Crippen LogP) is 1.80. The van der Waals surface area contributed by atoms with E-state index < -0.39 is 5.91 Å². The summed E-state index contributed by atoms with van der Waals surface area (Å²) in [7, 11) is 0. The van der Waals surface area contributed by atoms with Gasteiger partial charge in [-0.15, -0.1) is 0 Å². The fourth-order valence-electron chi connectivity index (χ4n) is 1.62. The average molecular weight is 244 g/mol. The smallest absolute Gasteiger partial charge is 0.286 e. The van der Waals surface area contributed by atoms with Crippen LogP contribution in [0.15, 0.2) is 24.3 Å². The monoisotopic (exact) mass is 244 g/mol. The summed E-state index contributed by atoms with van der Waals surface area (Å²) in [6, 6.07) is 7.54. The van der Waals surface area contributed by atoms with Crippen molar-refractivity contribution >= 4 is 22.6 Å². The Balaban J connectivity index is 2.50. The topological polar surface area (TPSA) is 80.9 Å². The van der Waals surface area contributed by atoms with Crippen molar-refractivity contribution in [3.63, 3.8) is 0 Å². The van der Waals surface area contributed by atoms with E-state index in [9.17, 15) is 4.79 Å². The fraction of sp³-hybridized carbons (Fsp3) is 0.308. The van der Waals surface area contributed by atoms with Crippen molar-refractivity contribution in [1.29, 1.82) is 0 Å². The number of nitrogens with zero attached hydrogens (tertiary/aromatic N) is 2. The number of primary amides is 1. The lowest BCUT2D eigenvalue weighted by molar-refractivity contribution is 0.0991. The van der Waals surface area contributed by atoms with E-state index in [1.165, 1.54) is 0 Å². The van der Waals surface area contributed by atoms with Crippen LogP contribution < -0.4 is 11.1 Å². The Labute approximate surface area is 105 Å². The number of rotatable bonds is 4. The van der Waals surface area contributed by atoms with Crippen molar-refractivity contribution in [1.82, 2.24) is 9.97 Å². The van der Waals surface area contributed by atoms with Crippen LogP contribution in [0.1, 0.15) is 24.5 Å². The predicted molar refractivity (Wildman–Crippen MR) is 71.4 cm³/mol. The van der Waals surface area contributed by atoms with Crippen molar-refractivity contribution in [3.8, 4) is 0 Å². The first-order valence-electron chi connectivity index (χ1n) is 5.88. The van der Waals surface area contributed by atoms with E-state index in [1.807, 2.05) is 24.3 Å². The van der Waals surface area contributed by atoms with Gasteiger partial charge in [0.25, 0.3) is 5.91 Å². The van der Waals surface area contributed by atoms with Gasteiger partial charge < -0.3 is 11.1 Å². The molecule has 1 aromatic carbocycles. The van der Waals surface area contributed by atoms with E-state index in [2.05, 4.69) is 29.1 Å². The number of fused-ring (bicyclic) bond motifs is 1. The Bertz CT molecular complexity index is 580. The summed E-state index contributed by atoms with van der Waals surface area (Å²) in [6.45, 7) is 4.98. The SMILES string of the molecule is CC(C)CNc1nc(C(N)=O)nc2ccccc12. The second-order valence-corrected chi connectivity index (χ2v) is 4.55. The van der Waals surface area contributed by atoms with Crippen LogP contribution in [-0.2, 0) is 0 Å². The molecule has 3 N–H and O–H groups in total. The molecule has 1 amide bonds. The molecule has 1 aromatic heterocycles. The Morgan fingerprint density at radius 3 is 2.72 bits per heavy atom. The van der Waals surface area contributed by atoms with Gasteiger partial charge in [-0.05, 0) is 18.1 Å². The van der Waals surface area contributed by atoms with Crippen LogP contribution in [-0.4, -0.2) is 22.4 Å². The van der Waals surface area contributed by atoms with Crippen LogP contribution in [0.25, 0.3) is 10.9 Å². The van der Waals surface area contributed by atoms with Crippen LogP contribution in [0.2, 0.25) is 0 Å². The molecule has 0 bridgehead atoms. The van der Waals surface area contributed by atoms with Gasteiger partial charge in [-0.25, -0.2) is 9.97 Å². The van der Waals surface area contributed by atoms with E-state index >= 15 is 0 Å². The van der Waals surface area contributed by atoms with Gasteiger partial charge in [-0.1, -0.05) is 26.0 Å². The lowest BCUT2D eigenvalue weighted by Gasteiger charge is -2.11. The Kier molecular flexibility index (Phi) is 3.41. The second-order valence-electron chi connectivity index (χ2n) is 4.55. The molecule has 18 heavy (non-hydrogen) atoms. The standard InChI is InChI=1S/C13H16N4O/c1-8(2)7-15-12-9-5-3-4-6-10(9)16-13(17-12)11(14)18/h3-6,8H,7H2,1-2H3,(H2,14,18)(H,15,16,17). The van der Waals surface area contributed by atoms with Gasteiger partial charge in [0.1, 0.15) is 5.82 Å². The maximum atomic E-state index is 11.2. The molecule has 0 unspecified atom stereocenters. The summed E-state index contributed by atoms with van der Waals surface area (Å²) in [5, 5.41) is 4.12. The number of benzene rings is 1. The normalized spacial score (nSPS) is 10.8. The second kappa shape index (κ2) is 5.00. The highest BCUT2D eigenvalue weighted by Crippen LogP contribution is 2.20. The van der Waals surface area contributed by atoms with Crippen LogP contribution in [0.4, 0.5) is 5.82 Å². The molecule has 2 aromatic rings. The highest BCUT2D eigenvalue weighted by atomic mass is 16.1. The minimum atomic E-state index is -0.617.